The van der Waals surface area contributed by atoms with Gasteiger partial charge in [0.2, 0.25) is 0 Å². The fourth-order valence-electron chi connectivity index (χ4n) is 1.95. The second kappa shape index (κ2) is 8.33. The topological polar surface area (TPSA) is 65.0 Å². The minimum Gasteiger partial charge on any atom is -0.744 e. The maximum absolute atomic E-state index is 10.4. The van der Waals surface area contributed by atoms with Crippen LogP contribution >= 0.6 is 0 Å². The predicted octanol–water partition coefficient (Wildman–Crippen LogP) is 1.67. The van der Waals surface area contributed by atoms with Crippen molar-refractivity contribution in [3.05, 3.63) is 91.0 Å². The lowest BCUT2D eigenvalue weighted by Gasteiger charge is -2.05. The highest BCUT2D eigenvalue weighted by atomic mass is 32.2. The van der Waals surface area contributed by atoms with Gasteiger partial charge in [0.25, 0.3) is 0 Å². The summed E-state index contributed by atoms with van der Waals surface area (Å²) >= 11 is 0. The summed E-state index contributed by atoms with van der Waals surface area (Å²) in [7, 11) is -4.27. The Morgan fingerprint density at radius 2 is 1.21 bits per heavy atom. The molecule has 0 saturated carbocycles. The largest absolute Gasteiger partial charge is 0.744 e. The van der Waals surface area contributed by atoms with E-state index in [-0.39, 0.29) is 4.90 Å². The summed E-state index contributed by atoms with van der Waals surface area (Å²) in [6.07, 6.45) is 8.22. The van der Waals surface area contributed by atoms with Crippen LogP contribution in [0.1, 0.15) is 5.56 Å². The van der Waals surface area contributed by atoms with Crippen LogP contribution in [-0.4, -0.2) is 13.0 Å². The molecule has 2 heterocycles. The predicted molar refractivity (Wildman–Crippen MR) is 87.8 cm³/mol. The van der Waals surface area contributed by atoms with Crippen molar-refractivity contribution in [2.24, 2.45) is 0 Å². The van der Waals surface area contributed by atoms with Gasteiger partial charge in [0, 0.05) is 24.3 Å². The van der Waals surface area contributed by atoms with Gasteiger partial charge in [-0.2, -0.15) is 0 Å². The first-order chi connectivity index (χ1) is 11.4. The van der Waals surface area contributed by atoms with Crippen molar-refractivity contribution in [2.45, 2.75) is 18.5 Å². The van der Waals surface area contributed by atoms with E-state index in [1.165, 1.54) is 12.1 Å². The zero-order valence-corrected chi connectivity index (χ0v) is 14.1. The second-order valence-corrected chi connectivity index (χ2v) is 6.57. The molecule has 0 N–H and O–H groups in total. The standard InChI is InChI=1S/C11H12N2.C7H8O3S/c1-3-7-12(8-4-1)11-13-9-5-2-6-10-13;1-6-2-4-7(5-3-6)11(8,9)10/h1-10H,11H2;2-5H,1H3,(H,8,9,10)/q+2;/p-1. The smallest absolute Gasteiger partial charge is 0.343 e. The summed E-state index contributed by atoms with van der Waals surface area (Å²) in [5.41, 5.74) is 0.928. The van der Waals surface area contributed by atoms with Crippen LogP contribution in [0, 0.1) is 6.92 Å². The molecule has 0 aliphatic carbocycles. The molecule has 3 rings (SSSR count). The molecule has 0 amide bonds. The van der Waals surface area contributed by atoms with E-state index in [0.29, 0.717) is 0 Å². The summed E-state index contributed by atoms with van der Waals surface area (Å²) in [6.45, 7) is 2.68. The average Bonchev–Trinajstić information content (AvgIpc) is 2.57. The quantitative estimate of drug-likeness (QED) is 0.537. The Balaban J connectivity index is 0.000000177. The highest BCUT2D eigenvalue weighted by molar-refractivity contribution is 7.85. The molecule has 0 bridgehead atoms. The Hall–Kier alpha value is -2.57. The molecule has 124 valence electrons. The SMILES string of the molecule is Cc1ccc(S(=O)(=O)[O-])cc1.c1cc[n+](C[n+]2ccccc2)cc1. The molecule has 5 nitrogen and oxygen atoms in total. The maximum atomic E-state index is 10.4. The number of aryl methyl sites for hydroxylation is 1. The average molecular weight is 343 g/mol. The van der Waals surface area contributed by atoms with E-state index in [9.17, 15) is 13.0 Å². The molecule has 2 aromatic heterocycles. The summed E-state index contributed by atoms with van der Waals surface area (Å²) < 4.78 is 35.4. The van der Waals surface area contributed by atoms with Crippen LogP contribution in [0.3, 0.4) is 0 Å². The first-order valence-electron chi connectivity index (χ1n) is 7.36. The van der Waals surface area contributed by atoms with Crippen molar-refractivity contribution in [1.29, 1.82) is 0 Å². The molecule has 1 aromatic carbocycles. The monoisotopic (exact) mass is 343 g/mol. The fraction of sp³-hybridized carbons (Fsp3) is 0.111. The van der Waals surface area contributed by atoms with E-state index in [4.69, 9.17) is 0 Å². The highest BCUT2D eigenvalue weighted by Crippen LogP contribution is 2.08. The van der Waals surface area contributed by atoms with Gasteiger partial charge in [0.1, 0.15) is 10.1 Å². The van der Waals surface area contributed by atoms with Gasteiger partial charge in [-0.1, -0.05) is 29.8 Å². The lowest BCUT2D eigenvalue weighted by atomic mass is 10.2. The molecule has 0 saturated heterocycles. The minimum atomic E-state index is -4.27. The van der Waals surface area contributed by atoms with Gasteiger partial charge in [-0.3, -0.25) is 0 Å². The number of hydrogen-bond donors (Lipinski definition) is 0. The molecule has 0 unspecified atom stereocenters. The third-order valence-corrected chi connectivity index (χ3v) is 4.04. The number of pyridine rings is 2. The molecule has 0 atom stereocenters. The van der Waals surface area contributed by atoms with Gasteiger partial charge >= 0.3 is 6.67 Å². The molecule has 0 spiro atoms. The first-order valence-corrected chi connectivity index (χ1v) is 8.77. The minimum absolute atomic E-state index is 0.178. The van der Waals surface area contributed by atoms with Gasteiger partial charge in [0.15, 0.2) is 24.8 Å². The number of hydrogen-bond acceptors (Lipinski definition) is 3. The highest BCUT2D eigenvalue weighted by Gasteiger charge is 2.03. The van der Waals surface area contributed by atoms with E-state index < -0.39 is 10.1 Å². The van der Waals surface area contributed by atoms with E-state index in [1.807, 2.05) is 43.3 Å². The van der Waals surface area contributed by atoms with E-state index in [1.54, 1.807) is 12.1 Å². The number of benzene rings is 1. The van der Waals surface area contributed by atoms with E-state index >= 15 is 0 Å². The number of aromatic nitrogens is 2. The Morgan fingerprint density at radius 3 is 1.58 bits per heavy atom. The first kappa shape index (κ1) is 17.8. The van der Waals surface area contributed by atoms with Gasteiger partial charge in [-0.15, -0.1) is 9.13 Å². The van der Waals surface area contributed by atoms with Gasteiger partial charge in [-0.05, 0) is 19.1 Å². The Kier molecular flexibility index (Phi) is 6.17. The number of nitrogens with zero attached hydrogens (tertiary/aromatic N) is 2. The Bertz CT molecular complexity index is 812. The third kappa shape index (κ3) is 5.91. The van der Waals surface area contributed by atoms with Gasteiger partial charge < -0.3 is 4.55 Å². The Labute approximate surface area is 142 Å². The van der Waals surface area contributed by atoms with Crippen molar-refractivity contribution in [3.63, 3.8) is 0 Å². The third-order valence-electron chi connectivity index (χ3n) is 3.19. The lowest BCUT2D eigenvalue weighted by molar-refractivity contribution is -0.913. The van der Waals surface area contributed by atoms with Crippen molar-refractivity contribution in [3.8, 4) is 0 Å². The maximum Gasteiger partial charge on any atom is 0.343 e. The molecular weight excluding hydrogens is 324 g/mol. The summed E-state index contributed by atoms with van der Waals surface area (Å²) in [4.78, 5) is -0.178. The zero-order valence-electron chi connectivity index (χ0n) is 13.3. The van der Waals surface area contributed by atoms with Crippen LogP contribution in [-0.2, 0) is 16.8 Å². The van der Waals surface area contributed by atoms with Gasteiger partial charge in [0.05, 0.1) is 4.90 Å². The molecule has 0 aliphatic heterocycles. The van der Waals surface area contributed by atoms with Crippen molar-refractivity contribution >= 4 is 10.1 Å². The molecule has 6 heteroatoms. The molecule has 24 heavy (non-hydrogen) atoms. The molecule has 0 fully saturated rings. The van der Waals surface area contributed by atoms with Crippen molar-refractivity contribution in [2.75, 3.05) is 0 Å². The van der Waals surface area contributed by atoms with Crippen molar-refractivity contribution in [1.82, 2.24) is 0 Å². The lowest BCUT2D eigenvalue weighted by Crippen LogP contribution is -2.50. The van der Waals surface area contributed by atoms with Crippen LogP contribution < -0.4 is 9.13 Å². The zero-order chi connectivity index (χ0) is 17.4. The van der Waals surface area contributed by atoms with Crippen LogP contribution in [0.25, 0.3) is 0 Å². The summed E-state index contributed by atoms with van der Waals surface area (Å²) in [5, 5.41) is 0. The van der Waals surface area contributed by atoms with E-state index in [2.05, 4.69) is 33.9 Å². The van der Waals surface area contributed by atoms with Crippen LogP contribution in [0.2, 0.25) is 0 Å². The van der Waals surface area contributed by atoms with Crippen LogP contribution in [0.4, 0.5) is 0 Å². The fourth-order valence-corrected chi connectivity index (χ4v) is 2.42. The Morgan fingerprint density at radius 1 is 0.792 bits per heavy atom. The van der Waals surface area contributed by atoms with Crippen molar-refractivity contribution < 1.29 is 22.1 Å². The second-order valence-electron chi connectivity index (χ2n) is 5.19. The normalized spacial score (nSPS) is 10.6. The molecular formula is C18H19N2O3S+. The molecule has 0 radical (unpaired) electrons. The number of rotatable bonds is 3. The van der Waals surface area contributed by atoms with E-state index in [0.717, 1.165) is 12.2 Å². The molecule has 3 aromatic rings. The summed E-state index contributed by atoms with van der Waals surface area (Å²) in [5.74, 6) is 0. The van der Waals surface area contributed by atoms with Crippen LogP contribution in [0.5, 0.6) is 0 Å². The molecule has 0 aliphatic rings. The summed E-state index contributed by atoms with van der Waals surface area (Å²) in [6, 6.07) is 17.9. The van der Waals surface area contributed by atoms with Gasteiger partial charge in [-0.25, -0.2) is 8.42 Å². The van der Waals surface area contributed by atoms with Crippen LogP contribution in [0.15, 0.2) is 90.3 Å².